The van der Waals surface area contributed by atoms with Crippen molar-refractivity contribution in [2.45, 2.75) is 24.0 Å². The maximum absolute atomic E-state index is 11.8. The molecule has 2 nitrogen and oxygen atoms in total. The molecule has 5 heteroatoms. The minimum Gasteiger partial charge on any atom is -0.229 e. The van der Waals surface area contributed by atoms with E-state index in [1.165, 1.54) is 6.26 Å². The van der Waals surface area contributed by atoms with E-state index >= 15 is 0 Å². The molecule has 2 rings (SSSR count). The second kappa shape index (κ2) is 4.51. The first-order valence-electron chi connectivity index (χ1n) is 5.55. The summed E-state index contributed by atoms with van der Waals surface area (Å²) in [5.41, 5.74) is 0.896. The second-order valence-corrected chi connectivity index (χ2v) is 8.87. The van der Waals surface area contributed by atoms with Crippen molar-refractivity contribution in [3.63, 3.8) is 0 Å². The molecule has 0 saturated carbocycles. The number of sulfone groups is 1. The van der Waals surface area contributed by atoms with Crippen LogP contribution in [0.25, 0.3) is 10.1 Å². The summed E-state index contributed by atoms with van der Waals surface area (Å²) in [5, 5.41) is 2.44. The zero-order valence-corrected chi connectivity index (χ0v) is 12.9. The third-order valence-corrected chi connectivity index (χ3v) is 7.39. The van der Waals surface area contributed by atoms with Gasteiger partial charge in [-0.1, -0.05) is 18.2 Å². The van der Waals surface area contributed by atoms with E-state index in [0.29, 0.717) is 0 Å². The van der Waals surface area contributed by atoms with E-state index in [9.17, 15) is 8.42 Å². The minimum absolute atomic E-state index is 0.552. The second-order valence-electron chi connectivity index (χ2n) is 4.93. The highest BCUT2D eigenvalue weighted by molar-refractivity contribution is 7.92. The molecule has 2 aromatic rings. The molecule has 1 atom stereocenters. The maximum atomic E-state index is 11.8. The molecule has 0 bridgehead atoms. The van der Waals surface area contributed by atoms with Crippen molar-refractivity contribution in [1.82, 2.24) is 0 Å². The first-order valence-corrected chi connectivity index (χ1v) is 8.75. The van der Waals surface area contributed by atoms with Crippen LogP contribution in [0.2, 0.25) is 0 Å². The average molecular weight is 303 g/mol. The molecule has 0 N–H and O–H groups in total. The van der Waals surface area contributed by atoms with Crippen molar-refractivity contribution in [2.75, 3.05) is 6.26 Å². The Bertz CT molecular complexity index is 671. The monoisotopic (exact) mass is 302 g/mol. The summed E-state index contributed by atoms with van der Waals surface area (Å²) < 4.78 is 23.8. The number of hydrogen-bond donors (Lipinski definition) is 0. The SMILES string of the molecule is CC(C)(C(Cl)c1csc2ccccc12)S(C)(=O)=O. The number of thiophene rings is 1. The molecule has 1 aromatic heterocycles. The molecule has 0 fully saturated rings. The summed E-state index contributed by atoms with van der Waals surface area (Å²) >= 11 is 8.02. The molecular weight excluding hydrogens is 288 g/mol. The Kier molecular flexibility index (Phi) is 3.47. The molecule has 0 radical (unpaired) electrons. The van der Waals surface area contributed by atoms with Crippen LogP contribution in [0.4, 0.5) is 0 Å². The van der Waals surface area contributed by atoms with Crippen LogP contribution in [0.3, 0.4) is 0 Å². The number of benzene rings is 1. The van der Waals surface area contributed by atoms with Gasteiger partial charge in [0.1, 0.15) is 0 Å². The summed E-state index contributed by atoms with van der Waals surface area (Å²) in [5.74, 6) is 0. The number of alkyl halides is 1. The number of rotatable bonds is 3. The van der Waals surface area contributed by atoms with Crippen molar-refractivity contribution in [2.24, 2.45) is 0 Å². The Hall–Kier alpha value is -0.580. The van der Waals surface area contributed by atoms with Crippen molar-refractivity contribution in [3.05, 3.63) is 35.2 Å². The van der Waals surface area contributed by atoms with E-state index in [-0.39, 0.29) is 0 Å². The highest BCUT2D eigenvalue weighted by atomic mass is 35.5. The fourth-order valence-corrected chi connectivity index (χ4v) is 3.99. The van der Waals surface area contributed by atoms with E-state index in [2.05, 4.69) is 0 Å². The fourth-order valence-electron chi connectivity index (χ4n) is 1.76. The summed E-state index contributed by atoms with van der Waals surface area (Å²) in [7, 11) is -3.22. The van der Waals surface area contributed by atoms with Gasteiger partial charge in [-0.05, 0) is 36.2 Å². The van der Waals surface area contributed by atoms with E-state index in [0.717, 1.165) is 15.6 Å². The van der Waals surface area contributed by atoms with E-state index in [1.54, 1.807) is 25.2 Å². The first-order chi connectivity index (χ1) is 8.25. The fraction of sp³-hybridized carbons (Fsp3) is 0.385. The van der Waals surface area contributed by atoms with Crippen LogP contribution in [0.1, 0.15) is 24.8 Å². The van der Waals surface area contributed by atoms with Gasteiger partial charge in [0.05, 0.1) is 10.1 Å². The lowest BCUT2D eigenvalue weighted by Gasteiger charge is -2.28. The Balaban J connectivity index is 2.56. The van der Waals surface area contributed by atoms with Gasteiger partial charge >= 0.3 is 0 Å². The van der Waals surface area contributed by atoms with Crippen LogP contribution in [-0.2, 0) is 9.84 Å². The van der Waals surface area contributed by atoms with Gasteiger partial charge < -0.3 is 0 Å². The van der Waals surface area contributed by atoms with Crippen LogP contribution >= 0.6 is 22.9 Å². The quantitative estimate of drug-likeness (QED) is 0.803. The molecule has 0 aliphatic carbocycles. The maximum Gasteiger partial charge on any atom is 0.154 e. The van der Waals surface area contributed by atoms with E-state index in [4.69, 9.17) is 11.6 Å². The average Bonchev–Trinajstić information content (AvgIpc) is 2.70. The topological polar surface area (TPSA) is 34.1 Å². The molecule has 0 spiro atoms. The largest absolute Gasteiger partial charge is 0.229 e. The van der Waals surface area contributed by atoms with Crippen LogP contribution in [0.15, 0.2) is 29.6 Å². The molecule has 0 aliphatic heterocycles. The first kappa shape index (κ1) is 13.8. The Labute approximate surface area is 117 Å². The van der Waals surface area contributed by atoms with Gasteiger partial charge in [-0.15, -0.1) is 22.9 Å². The Morgan fingerprint density at radius 1 is 1.28 bits per heavy atom. The minimum atomic E-state index is -3.22. The zero-order chi connectivity index (χ0) is 13.6. The summed E-state index contributed by atoms with van der Waals surface area (Å²) in [6, 6.07) is 7.90. The highest BCUT2D eigenvalue weighted by Crippen LogP contribution is 2.42. The molecule has 0 amide bonds. The predicted molar refractivity (Wildman–Crippen MR) is 79.3 cm³/mol. The molecule has 1 unspecified atom stereocenters. The van der Waals surface area contributed by atoms with Gasteiger partial charge in [-0.3, -0.25) is 0 Å². The highest BCUT2D eigenvalue weighted by Gasteiger charge is 2.39. The summed E-state index contributed by atoms with van der Waals surface area (Å²) in [6.07, 6.45) is 1.23. The van der Waals surface area contributed by atoms with Gasteiger partial charge in [0.15, 0.2) is 9.84 Å². The lowest BCUT2D eigenvalue weighted by molar-refractivity contribution is 0.545. The van der Waals surface area contributed by atoms with E-state index < -0.39 is 20.0 Å². The van der Waals surface area contributed by atoms with E-state index in [1.807, 2.05) is 29.6 Å². The molecule has 0 saturated heterocycles. The third-order valence-electron chi connectivity index (χ3n) is 3.35. The third kappa shape index (κ3) is 2.17. The van der Waals surface area contributed by atoms with Gasteiger partial charge in [0.25, 0.3) is 0 Å². The number of halogens is 1. The van der Waals surface area contributed by atoms with Crippen LogP contribution < -0.4 is 0 Å². The predicted octanol–water partition coefficient (Wildman–Crippen LogP) is 4.00. The molecule has 0 aliphatic rings. The van der Waals surface area contributed by atoms with Crippen molar-refractivity contribution < 1.29 is 8.42 Å². The standard InChI is InChI=1S/C13H15ClO2S2/c1-13(2,18(3,15)16)12(14)10-8-17-11-7-5-4-6-9(10)11/h4-8,12H,1-3H3. The van der Waals surface area contributed by atoms with Crippen LogP contribution in [0, 0.1) is 0 Å². The summed E-state index contributed by atoms with van der Waals surface area (Å²) in [6.45, 7) is 3.35. The number of fused-ring (bicyclic) bond motifs is 1. The normalized spacial score (nSPS) is 14.9. The summed E-state index contributed by atoms with van der Waals surface area (Å²) in [4.78, 5) is 0. The molecule has 1 heterocycles. The lowest BCUT2D eigenvalue weighted by Crippen LogP contribution is -2.35. The molecular formula is C13H15ClO2S2. The van der Waals surface area contributed by atoms with Gasteiger partial charge in [-0.25, -0.2) is 8.42 Å². The van der Waals surface area contributed by atoms with Crippen molar-refractivity contribution in [3.8, 4) is 0 Å². The lowest BCUT2D eigenvalue weighted by atomic mass is 10.0. The molecule has 1 aromatic carbocycles. The van der Waals surface area contributed by atoms with Crippen LogP contribution in [-0.4, -0.2) is 19.4 Å². The molecule has 18 heavy (non-hydrogen) atoms. The van der Waals surface area contributed by atoms with Crippen LogP contribution in [0.5, 0.6) is 0 Å². The number of hydrogen-bond acceptors (Lipinski definition) is 3. The van der Waals surface area contributed by atoms with Gasteiger partial charge in [0.2, 0.25) is 0 Å². The van der Waals surface area contributed by atoms with Gasteiger partial charge in [0, 0.05) is 11.0 Å². The zero-order valence-electron chi connectivity index (χ0n) is 10.5. The van der Waals surface area contributed by atoms with Crippen molar-refractivity contribution >= 4 is 42.9 Å². The van der Waals surface area contributed by atoms with Crippen molar-refractivity contribution in [1.29, 1.82) is 0 Å². The molecule has 98 valence electrons. The smallest absolute Gasteiger partial charge is 0.154 e. The van der Waals surface area contributed by atoms with Gasteiger partial charge in [-0.2, -0.15) is 0 Å². The Morgan fingerprint density at radius 2 is 1.89 bits per heavy atom. The Morgan fingerprint density at radius 3 is 2.50 bits per heavy atom.